The largest absolute Gasteiger partial charge is 0.633 e. The van der Waals surface area contributed by atoms with Crippen LogP contribution in [-0.4, -0.2) is 54.9 Å². The monoisotopic (exact) mass is 235 g/mol. The van der Waals surface area contributed by atoms with E-state index in [1.54, 1.807) is 0 Å². The van der Waals surface area contributed by atoms with Crippen LogP contribution >= 0.6 is 0 Å². The van der Waals surface area contributed by atoms with E-state index in [2.05, 4.69) is 0 Å². The van der Waals surface area contributed by atoms with E-state index in [0.717, 1.165) is 0 Å². The highest BCUT2D eigenvalue weighted by Gasteiger charge is 2.52. The van der Waals surface area contributed by atoms with Crippen molar-refractivity contribution in [2.24, 2.45) is 0 Å². The van der Waals surface area contributed by atoms with Crippen LogP contribution in [0.3, 0.4) is 0 Å². The molecule has 0 saturated carbocycles. The lowest BCUT2D eigenvalue weighted by Crippen LogP contribution is -2.63. The van der Waals surface area contributed by atoms with Crippen molar-refractivity contribution in [3.05, 3.63) is 5.21 Å². The number of fused-ring (bicyclic) bond motifs is 3. The van der Waals surface area contributed by atoms with Crippen LogP contribution in [0.1, 0.15) is 19.3 Å². The number of piperidine rings is 3. The lowest BCUT2D eigenvalue weighted by molar-refractivity contribution is -0.895. The minimum atomic E-state index is -3.23. The number of aliphatic hydroxyl groups is 1. The van der Waals surface area contributed by atoms with Crippen LogP contribution in [0.25, 0.3) is 0 Å². The topological polar surface area (TPSA) is 77.4 Å². The summed E-state index contributed by atoms with van der Waals surface area (Å²) in [6.45, 7) is 0.946. The van der Waals surface area contributed by atoms with Crippen LogP contribution in [0.5, 0.6) is 0 Å². The first-order valence-corrected chi connectivity index (χ1v) is 6.99. The molecule has 3 aliphatic heterocycles. The van der Waals surface area contributed by atoms with E-state index in [9.17, 15) is 13.6 Å². The zero-order valence-corrected chi connectivity index (χ0v) is 9.50. The molecule has 6 heteroatoms. The van der Waals surface area contributed by atoms with Crippen LogP contribution in [0.15, 0.2) is 0 Å². The van der Waals surface area contributed by atoms with E-state index in [4.69, 9.17) is 5.11 Å². The van der Waals surface area contributed by atoms with Gasteiger partial charge >= 0.3 is 0 Å². The van der Waals surface area contributed by atoms with E-state index in [0.29, 0.717) is 38.9 Å². The van der Waals surface area contributed by atoms with Gasteiger partial charge in [-0.1, -0.05) is 0 Å². The number of aliphatic hydroxyl groups excluding tert-OH is 1. The van der Waals surface area contributed by atoms with Crippen LogP contribution < -0.4 is 0 Å². The maximum Gasteiger partial charge on any atom is 0.158 e. The molecule has 88 valence electrons. The molecule has 0 aromatic heterocycles. The van der Waals surface area contributed by atoms with Gasteiger partial charge in [0, 0.05) is 19.3 Å². The summed E-state index contributed by atoms with van der Waals surface area (Å²) in [5.74, 6) is -0.161. The summed E-state index contributed by atoms with van der Waals surface area (Å²) in [4.78, 5) is 0. The van der Waals surface area contributed by atoms with Gasteiger partial charge in [-0.15, -0.1) is 0 Å². The van der Waals surface area contributed by atoms with Crippen LogP contribution in [0.2, 0.25) is 0 Å². The molecule has 15 heavy (non-hydrogen) atoms. The zero-order valence-electron chi connectivity index (χ0n) is 8.68. The number of sulfone groups is 1. The second-order valence-electron chi connectivity index (χ2n) is 4.70. The van der Waals surface area contributed by atoms with Crippen molar-refractivity contribution in [3.63, 3.8) is 0 Å². The molecule has 5 nitrogen and oxygen atoms in total. The van der Waals surface area contributed by atoms with Crippen LogP contribution in [0, 0.1) is 5.21 Å². The van der Waals surface area contributed by atoms with Crippen molar-refractivity contribution < 1.29 is 18.2 Å². The van der Waals surface area contributed by atoms with Gasteiger partial charge in [0.25, 0.3) is 0 Å². The van der Waals surface area contributed by atoms with Crippen molar-refractivity contribution in [2.45, 2.75) is 24.0 Å². The highest BCUT2D eigenvalue weighted by atomic mass is 32.2. The number of hydrogen-bond donors (Lipinski definition) is 1. The predicted molar refractivity (Wildman–Crippen MR) is 55.7 cm³/mol. The van der Waals surface area contributed by atoms with Crippen molar-refractivity contribution in [2.75, 3.05) is 32.0 Å². The molecule has 3 rings (SSSR count). The highest BCUT2D eigenvalue weighted by Crippen LogP contribution is 2.42. The summed E-state index contributed by atoms with van der Waals surface area (Å²) in [5, 5.41) is 20.6. The minimum Gasteiger partial charge on any atom is -0.633 e. The second kappa shape index (κ2) is 3.41. The summed E-state index contributed by atoms with van der Waals surface area (Å²) >= 11 is 0. The summed E-state index contributed by atoms with van der Waals surface area (Å²) in [5.41, 5.74) is 0. The van der Waals surface area contributed by atoms with E-state index >= 15 is 0 Å². The van der Waals surface area contributed by atoms with Gasteiger partial charge in [0.2, 0.25) is 0 Å². The van der Waals surface area contributed by atoms with Crippen molar-refractivity contribution >= 4 is 9.84 Å². The van der Waals surface area contributed by atoms with E-state index in [1.165, 1.54) is 0 Å². The molecule has 1 N–H and O–H groups in total. The smallest absolute Gasteiger partial charge is 0.158 e. The third-order valence-corrected chi connectivity index (χ3v) is 6.60. The van der Waals surface area contributed by atoms with E-state index in [1.807, 2.05) is 0 Å². The molecule has 0 spiro atoms. The molecule has 2 bridgehead atoms. The Balaban J connectivity index is 2.23. The first-order valence-electron chi connectivity index (χ1n) is 5.33. The molecule has 3 aliphatic rings. The molecule has 0 unspecified atom stereocenters. The Morgan fingerprint density at radius 3 is 2.07 bits per heavy atom. The first kappa shape index (κ1) is 11.3. The molecule has 0 atom stereocenters. The molecule has 0 amide bonds. The van der Waals surface area contributed by atoms with Gasteiger partial charge in [0.15, 0.2) is 9.84 Å². The first-order chi connectivity index (χ1) is 6.93. The van der Waals surface area contributed by atoms with Gasteiger partial charge in [0.1, 0.15) is 0 Å². The Bertz CT molecular complexity index is 327. The fourth-order valence-corrected chi connectivity index (χ4v) is 4.62. The number of hydrogen-bond acceptors (Lipinski definition) is 4. The Kier molecular flexibility index (Phi) is 2.57. The Morgan fingerprint density at radius 2 is 1.67 bits per heavy atom. The van der Waals surface area contributed by atoms with Gasteiger partial charge in [-0.25, -0.2) is 8.42 Å². The Labute approximate surface area is 89.8 Å². The fraction of sp³-hybridized carbons (Fsp3) is 1.00. The Hall–Kier alpha value is -0.170. The highest BCUT2D eigenvalue weighted by molar-refractivity contribution is 7.92. The van der Waals surface area contributed by atoms with Crippen molar-refractivity contribution in [1.82, 2.24) is 0 Å². The average Bonchev–Trinajstić information content (AvgIpc) is 2.19. The number of rotatable bonds is 3. The van der Waals surface area contributed by atoms with Crippen molar-refractivity contribution in [1.29, 1.82) is 0 Å². The molecular weight excluding hydrogens is 218 g/mol. The van der Waals surface area contributed by atoms with Gasteiger partial charge < -0.3 is 15.0 Å². The van der Waals surface area contributed by atoms with Crippen LogP contribution in [0.4, 0.5) is 0 Å². The molecule has 0 radical (unpaired) electrons. The molecule has 3 heterocycles. The predicted octanol–water partition coefficient (Wildman–Crippen LogP) is -0.356. The SMILES string of the molecule is O=S(=O)(CCO)C12CC[N+]([O-])(CC1)CC2. The number of nitrogens with zero attached hydrogens (tertiary/aromatic N) is 1. The van der Waals surface area contributed by atoms with Crippen molar-refractivity contribution in [3.8, 4) is 0 Å². The van der Waals surface area contributed by atoms with E-state index in [-0.39, 0.29) is 17.0 Å². The van der Waals surface area contributed by atoms with Gasteiger partial charge in [-0.3, -0.25) is 0 Å². The number of quaternary nitrogens is 1. The van der Waals surface area contributed by atoms with Gasteiger partial charge in [-0.05, 0) is 0 Å². The maximum absolute atomic E-state index is 12.0. The lowest BCUT2D eigenvalue weighted by Gasteiger charge is -2.56. The normalized spacial score (nSPS) is 40.7. The molecular formula is C9H17NO4S. The third kappa shape index (κ3) is 1.69. The standard InChI is InChI=1S/C9H17NO4S/c11-7-8-15(13,14)9-1-4-10(12,5-2-9)6-3-9/h11H,1-8H2. The molecule has 0 aliphatic carbocycles. The Morgan fingerprint density at radius 1 is 1.20 bits per heavy atom. The molecule has 3 saturated heterocycles. The summed E-state index contributed by atoms with van der Waals surface area (Å²) < 4.78 is 23.1. The summed E-state index contributed by atoms with van der Waals surface area (Å²) in [7, 11) is -3.23. The van der Waals surface area contributed by atoms with Gasteiger partial charge in [0.05, 0.1) is 36.7 Å². The number of hydroxylamine groups is 3. The molecule has 0 aromatic rings. The molecule has 0 aromatic carbocycles. The maximum atomic E-state index is 12.0. The summed E-state index contributed by atoms with van der Waals surface area (Å²) in [6, 6.07) is 0. The third-order valence-electron chi connectivity index (χ3n) is 3.94. The molecule has 3 fully saturated rings. The lowest BCUT2D eigenvalue weighted by atomic mass is 9.87. The minimum absolute atomic E-state index is 0.161. The average molecular weight is 235 g/mol. The quantitative estimate of drug-likeness (QED) is 0.535. The summed E-state index contributed by atoms with van der Waals surface area (Å²) in [6.07, 6.45) is 1.41. The van der Waals surface area contributed by atoms with Crippen LogP contribution in [-0.2, 0) is 9.84 Å². The fourth-order valence-electron chi connectivity index (χ4n) is 2.74. The second-order valence-corrected chi connectivity index (χ2v) is 7.21. The zero-order chi connectivity index (χ0) is 11.2. The van der Waals surface area contributed by atoms with E-state index < -0.39 is 14.6 Å². The van der Waals surface area contributed by atoms with Gasteiger partial charge in [-0.2, -0.15) is 0 Å².